The van der Waals surface area contributed by atoms with Crippen LogP contribution in [0.5, 0.6) is 0 Å². The molecule has 0 amide bonds. The van der Waals surface area contributed by atoms with E-state index in [1.807, 2.05) is 0 Å². The summed E-state index contributed by atoms with van der Waals surface area (Å²) in [6.45, 7) is 3.05. The van der Waals surface area contributed by atoms with Crippen LogP contribution in [0.25, 0.3) is 0 Å². The molecule has 2 nitrogen and oxygen atoms in total. The van der Waals surface area contributed by atoms with Gasteiger partial charge in [-0.1, -0.05) is 12.1 Å². The predicted molar refractivity (Wildman–Crippen MR) is 66.4 cm³/mol. The average Bonchev–Trinajstić information content (AvgIpc) is 2.28. The molecule has 94 valence electrons. The minimum absolute atomic E-state index is 0.225. The zero-order valence-corrected chi connectivity index (χ0v) is 10.5. The van der Waals surface area contributed by atoms with Crippen molar-refractivity contribution in [3.8, 4) is 0 Å². The normalized spacial score (nSPS) is 30.5. The molecule has 2 rings (SSSR count). The summed E-state index contributed by atoms with van der Waals surface area (Å²) in [5.41, 5.74) is 0.370. The molecule has 0 bridgehead atoms. The maximum Gasteiger partial charge on any atom is 0.123 e. The van der Waals surface area contributed by atoms with Crippen LogP contribution >= 0.6 is 0 Å². The van der Waals surface area contributed by atoms with Crippen molar-refractivity contribution in [3.63, 3.8) is 0 Å². The fraction of sp³-hybridized carbons (Fsp3) is 0.571. The van der Waals surface area contributed by atoms with Crippen LogP contribution in [0.4, 0.5) is 4.39 Å². The molecule has 3 heteroatoms. The summed E-state index contributed by atoms with van der Waals surface area (Å²) in [6.07, 6.45) is 2.18. The van der Waals surface area contributed by atoms with E-state index in [2.05, 4.69) is 18.9 Å². The number of likely N-dealkylation sites (tertiary alicyclic amines) is 1. The van der Waals surface area contributed by atoms with E-state index >= 15 is 0 Å². The second-order valence-corrected chi connectivity index (χ2v) is 5.31. The van der Waals surface area contributed by atoms with Gasteiger partial charge in [-0.25, -0.2) is 4.39 Å². The maximum absolute atomic E-state index is 12.8. The highest BCUT2D eigenvalue weighted by molar-refractivity contribution is 5.18. The minimum Gasteiger partial charge on any atom is -0.389 e. The molecule has 0 spiro atoms. The molecular weight excluding hydrogens is 217 g/mol. The first kappa shape index (κ1) is 12.5. The Bertz CT molecular complexity index is 378. The van der Waals surface area contributed by atoms with Gasteiger partial charge in [-0.3, -0.25) is 0 Å². The first-order valence-electron chi connectivity index (χ1n) is 6.16. The second kappa shape index (κ2) is 4.75. The SMILES string of the molecule is CC1CC(O)(Cc2ccc(F)cc2)CCN1C. The Kier molecular flexibility index (Phi) is 3.50. The van der Waals surface area contributed by atoms with Gasteiger partial charge in [0.15, 0.2) is 0 Å². The summed E-state index contributed by atoms with van der Waals surface area (Å²) < 4.78 is 12.8. The number of nitrogens with zero attached hydrogens (tertiary/aromatic N) is 1. The fourth-order valence-corrected chi connectivity index (χ4v) is 2.56. The van der Waals surface area contributed by atoms with Gasteiger partial charge in [0.2, 0.25) is 0 Å². The summed E-state index contributed by atoms with van der Waals surface area (Å²) in [7, 11) is 2.09. The lowest BCUT2D eigenvalue weighted by atomic mass is 9.82. The van der Waals surface area contributed by atoms with Gasteiger partial charge < -0.3 is 10.0 Å². The van der Waals surface area contributed by atoms with Crippen LogP contribution in [0.1, 0.15) is 25.3 Å². The molecule has 1 heterocycles. The Balaban J connectivity index is 2.05. The number of hydrogen-bond donors (Lipinski definition) is 1. The summed E-state index contributed by atoms with van der Waals surface area (Å²) >= 11 is 0. The van der Waals surface area contributed by atoms with Crippen molar-refractivity contribution in [2.75, 3.05) is 13.6 Å². The lowest BCUT2D eigenvalue weighted by Gasteiger charge is -2.41. The smallest absolute Gasteiger partial charge is 0.123 e. The zero-order valence-electron chi connectivity index (χ0n) is 10.5. The van der Waals surface area contributed by atoms with E-state index < -0.39 is 5.60 Å². The Hall–Kier alpha value is -0.930. The molecule has 1 fully saturated rings. The van der Waals surface area contributed by atoms with Crippen molar-refractivity contribution >= 4 is 0 Å². The highest BCUT2D eigenvalue weighted by Crippen LogP contribution is 2.29. The number of aliphatic hydroxyl groups is 1. The molecule has 1 aromatic rings. The van der Waals surface area contributed by atoms with Gasteiger partial charge in [-0.2, -0.15) is 0 Å². The fourth-order valence-electron chi connectivity index (χ4n) is 2.56. The molecule has 1 aliphatic heterocycles. The first-order chi connectivity index (χ1) is 7.98. The molecule has 1 N–H and O–H groups in total. The Morgan fingerprint density at radius 3 is 2.65 bits per heavy atom. The lowest BCUT2D eigenvalue weighted by molar-refractivity contribution is -0.0353. The Labute approximate surface area is 102 Å². The van der Waals surface area contributed by atoms with Gasteiger partial charge in [-0.15, -0.1) is 0 Å². The van der Waals surface area contributed by atoms with Crippen molar-refractivity contribution in [1.29, 1.82) is 0 Å². The molecule has 0 radical (unpaired) electrons. The monoisotopic (exact) mass is 237 g/mol. The third-order valence-electron chi connectivity index (χ3n) is 3.80. The molecule has 0 aromatic heterocycles. The lowest BCUT2D eigenvalue weighted by Crippen LogP contribution is -2.48. The number of hydrogen-bond acceptors (Lipinski definition) is 2. The van der Waals surface area contributed by atoms with Crippen molar-refractivity contribution in [1.82, 2.24) is 4.90 Å². The third kappa shape index (κ3) is 3.05. The van der Waals surface area contributed by atoms with Crippen LogP contribution in [0.2, 0.25) is 0 Å². The van der Waals surface area contributed by atoms with E-state index in [0.717, 1.165) is 24.9 Å². The first-order valence-corrected chi connectivity index (χ1v) is 6.16. The van der Waals surface area contributed by atoms with Gasteiger partial charge in [0.1, 0.15) is 5.82 Å². The van der Waals surface area contributed by atoms with Crippen molar-refractivity contribution < 1.29 is 9.50 Å². The molecule has 2 atom stereocenters. The largest absolute Gasteiger partial charge is 0.389 e. The van der Waals surface area contributed by atoms with Gasteiger partial charge in [0.25, 0.3) is 0 Å². The van der Waals surface area contributed by atoms with Crippen LogP contribution in [0.15, 0.2) is 24.3 Å². The van der Waals surface area contributed by atoms with E-state index in [4.69, 9.17) is 0 Å². The standard InChI is InChI=1S/C14H20FNO/c1-11-9-14(17,7-8-16(11)2)10-12-3-5-13(15)6-4-12/h3-6,11,17H,7-10H2,1-2H3. The summed E-state index contributed by atoms with van der Waals surface area (Å²) in [5.74, 6) is -0.225. The molecule has 0 aliphatic carbocycles. The number of rotatable bonds is 2. The average molecular weight is 237 g/mol. The van der Waals surface area contributed by atoms with E-state index in [1.165, 1.54) is 12.1 Å². The maximum atomic E-state index is 12.8. The van der Waals surface area contributed by atoms with Gasteiger partial charge in [0, 0.05) is 19.0 Å². The number of piperidine rings is 1. The summed E-state index contributed by atoms with van der Waals surface area (Å²) in [6, 6.07) is 6.83. The molecule has 17 heavy (non-hydrogen) atoms. The van der Waals surface area contributed by atoms with Crippen molar-refractivity contribution in [3.05, 3.63) is 35.6 Å². The Morgan fingerprint density at radius 1 is 1.41 bits per heavy atom. The van der Waals surface area contributed by atoms with Crippen LogP contribution in [0.3, 0.4) is 0 Å². The quantitative estimate of drug-likeness (QED) is 0.852. The van der Waals surface area contributed by atoms with Crippen LogP contribution in [-0.2, 0) is 6.42 Å². The van der Waals surface area contributed by atoms with Gasteiger partial charge >= 0.3 is 0 Å². The molecular formula is C14H20FNO. The van der Waals surface area contributed by atoms with Crippen molar-refractivity contribution in [2.45, 2.75) is 37.8 Å². The molecule has 2 unspecified atom stereocenters. The molecule has 1 saturated heterocycles. The molecule has 1 aliphatic rings. The van der Waals surface area contributed by atoms with E-state index in [1.54, 1.807) is 12.1 Å². The minimum atomic E-state index is -0.635. The number of halogens is 1. The third-order valence-corrected chi connectivity index (χ3v) is 3.80. The predicted octanol–water partition coefficient (Wildman–Crippen LogP) is 2.21. The van der Waals surface area contributed by atoms with Gasteiger partial charge in [-0.05, 0) is 44.5 Å². The molecule has 0 saturated carbocycles. The number of benzene rings is 1. The Morgan fingerprint density at radius 2 is 2.06 bits per heavy atom. The van der Waals surface area contributed by atoms with E-state index in [0.29, 0.717) is 12.5 Å². The second-order valence-electron chi connectivity index (χ2n) is 5.31. The van der Waals surface area contributed by atoms with Crippen LogP contribution < -0.4 is 0 Å². The zero-order chi connectivity index (χ0) is 12.5. The van der Waals surface area contributed by atoms with Crippen LogP contribution in [0, 0.1) is 5.82 Å². The van der Waals surface area contributed by atoms with Gasteiger partial charge in [0.05, 0.1) is 5.60 Å². The summed E-state index contributed by atoms with van der Waals surface area (Å²) in [5, 5.41) is 10.6. The summed E-state index contributed by atoms with van der Waals surface area (Å²) in [4.78, 5) is 2.26. The topological polar surface area (TPSA) is 23.5 Å². The highest BCUT2D eigenvalue weighted by Gasteiger charge is 2.34. The molecule has 1 aromatic carbocycles. The van der Waals surface area contributed by atoms with Crippen LogP contribution in [-0.4, -0.2) is 35.2 Å². The highest BCUT2D eigenvalue weighted by atomic mass is 19.1. The van der Waals surface area contributed by atoms with E-state index in [-0.39, 0.29) is 5.82 Å². The van der Waals surface area contributed by atoms with E-state index in [9.17, 15) is 9.50 Å². The van der Waals surface area contributed by atoms with Crippen molar-refractivity contribution in [2.24, 2.45) is 0 Å².